The van der Waals surface area contributed by atoms with Gasteiger partial charge in [0.25, 0.3) is 0 Å². The Balaban J connectivity index is 1.52. The molecule has 2 aliphatic heterocycles. The van der Waals surface area contributed by atoms with Gasteiger partial charge in [0.1, 0.15) is 18.1 Å². The van der Waals surface area contributed by atoms with E-state index in [9.17, 15) is 5.26 Å². The number of hydrazine groups is 1. The lowest BCUT2D eigenvalue weighted by molar-refractivity contribution is -0.626. The van der Waals surface area contributed by atoms with Crippen LogP contribution < -0.4 is 10.2 Å². The van der Waals surface area contributed by atoms with Crippen LogP contribution in [-0.4, -0.2) is 51.4 Å². The largest absolute Gasteiger partial charge is 0.496 e. The number of fused-ring (bicyclic) bond motifs is 3. The Bertz CT molecular complexity index is 1500. The maximum atomic E-state index is 9.31. The third kappa shape index (κ3) is 3.16. The molecule has 2 unspecified atom stereocenters. The minimum Gasteiger partial charge on any atom is -0.496 e. The average molecular weight is 439 g/mol. The number of amidine groups is 1. The first-order valence-electron chi connectivity index (χ1n) is 11.1. The van der Waals surface area contributed by atoms with Crippen LogP contribution in [-0.2, 0) is 0 Å². The summed E-state index contributed by atoms with van der Waals surface area (Å²) in [6.45, 7) is 2.87. The number of imidazole rings is 1. The molecule has 0 aliphatic carbocycles. The Kier molecular flexibility index (Phi) is 4.44. The summed E-state index contributed by atoms with van der Waals surface area (Å²) in [7, 11) is 1.71. The van der Waals surface area contributed by atoms with Gasteiger partial charge in [0.05, 0.1) is 42.1 Å². The van der Waals surface area contributed by atoms with Gasteiger partial charge in [-0.3, -0.25) is 4.99 Å². The number of H-pyrrole nitrogens is 2. The number of aryl methyl sites for hydroxylation is 1. The number of ether oxygens (including phenoxy) is 1. The smallest absolute Gasteiger partial charge is 0.209 e. The van der Waals surface area contributed by atoms with Crippen LogP contribution >= 0.6 is 0 Å². The summed E-state index contributed by atoms with van der Waals surface area (Å²) < 4.78 is 8.03. The van der Waals surface area contributed by atoms with E-state index < -0.39 is 0 Å². The molecule has 2 aromatic heterocycles. The number of aromatic nitrogens is 3. The van der Waals surface area contributed by atoms with Crippen molar-refractivity contribution in [2.24, 2.45) is 4.99 Å². The van der Waals surface area contributed by atoms with Crippen molar-refractivity contribution < 1.29 is 9.42 Å². The highest BCUT2D eigenvalue weighted by Gasteiger charge is 2.36. The first-order chi connectivity index (χ1) is 16.1. The molecule has 0 bridgehead atoms. The molecule has 2 atom stereocenters. The maximum Gasteiger partial charge on any atom is 0.209 e. The number of rotatable bonds is 5. The van der Waals surface area contributed by atoms with Crippen LogP contribution in [0.2, 0.25) is 0 Å². The number of nitriles is 1. The highest BCUT2D eigenvalue weighted by molar-refractivity contribution is 5.91. The summed E-state index contributed by atoms with van der Waals surface area (Å²) in [6, 6.07) is 12.4. The van der Waals surface area contributed by atoms with Crippen molar-refractivity contribution in [3.63, 3.8) is 0 Å². The molecule has 4 aromatic rings. The Morgan fingerprint density at radius 1 is 1.30 bits per heavy atom. The van der Waals surface area contributed by atoms with Gasteiger partial charge in [-0.05, 0) is 42.8 Å². The highest BCUT2D eigenvalue weighted by Crippen LogP contribution is 2.40. The summed E-state index contributed by atoms with van der Waals surface area (Å²) in [5, 5.41) is 10.4. The monoisotopic (exact) mass is 438 g/mol. The first kappa shape index (κ1) is 19.6. The summed E-state index contributed by atoms with van der Waals surface area (Å²) in [5.74, 6) is 2.45. The van der Waals surface area contributed by atoms with Crippen molar-refractivity contribution in [2.75, 3.05) is 13.7 Å². The Morgan fingerprint density at radius 2 is 2.21 bits per heavy atom. The van der Waals surface area contributed by atoms with Gasteiger partial charge in [-0.2, -0.15) is 10.7 Å². The molecule has 0 saturated heterocycles. The number of aromatic amines is 2. The van der Waals surface area contributed by atoms with Crippen LogP contribution in [0.3, 0.4) is 0 Å². The number of hydrazone groups is 1. The Labute approximate surface area is 190 Å². The molecular weight excluding hydrogens is 414 g/mol. The molecule has 0 spiro atoms. The molecule has 0 fully saturated rings. The minimum atomic E-state index is -0.124. The fraction of sp³-hybridized carbons (Fsp3) is 0.280. The Morgan fingerprint density at radius 3 is 2.97 bits per heavy atom. The third-order valence-corrected chi connectivity index (χ3v) is 6.69. The molecule has 33 heavy (non-hydrogen) atoms. The highest BCUT2D eigenvalue weighted by atomic mass is 16.5. The number of nitrogens with one attached hydrogen (secondary N) is 3. The fourth-order valence-corrected chi connectivity index (χ4v) is 4.89. The van der Waals surface area contributed by atoms with Gasteiger partial charge in [-0.25, -0.2) is 4.98 Å². The van der Waals surface area contributed by atoms with E-state index in [-0.39, 0.29) is 5.92 Å². The normalized spacial score (nSPS) is 18.0. The first-order valence-corrected chi connectivity index (χ1v) is 11.1. The number of nitrogens with zero attached hydrogens (tertiary/aromatic N) is 4. The van der Waals surface area contributed by atoms with E-state index in [1.54, 1.807) is 13.2 Å². The van der Waals surface area contributed by atoms with E-state index in [1.807, 2.05) is 18.3 Å². The number of hydrogen-bond donors (Lipinski definition) is 3. The second-order valence-electron chi connectivity index (χ2n) is 8.68. The molecule has 8 nitrogen and oxygen atoms in total. The number of aliphatic imine (C=N–C) groups is 1. The second kappa shape index (κ2) is 7.48. The number of benzene rings is 2. The van der Waals surface area contributed by atoms with Gasteiger partial charge >= 0.3 is 0 Å². The molecule has 2 aliphatic rings. The van der Waals surface area contributed by atoms with Crippen LogP contribution in [0.1, 0.15) is 41.3 Å². The minimum absolute atomic E-state index is 0.124. The van der Waals surface area contributed by atoms with Gasteiger partial charge in [0.2, 0.25) is 6.04 Å². The predicted molar refractivity (Wildman–Crippen MR) is 127 cm³/mol. The van der Waals surface area contributed by atoms with Crippen LogP contribution in [0.5, 0.6) is 5.75 Å². The zero-order valence-electron chi connectivity index (χ0n) is 18.5. The third-order valence-electron chi connectivity index (χ3n) is 6.69. The predicted octanol–water partition coefficient (Wildman–Crippen LogP) is 3.53. The summed E-state index contributed by atoms with van der Waals surface area (Å²) >= 11 is 0. The second-order valence-corrected chi connectivity index (χ2v) is 8.68. The van der Waals surface area contributed by atoms with Crippen LogP contribution in [0.25, 0.3) is 21.9 Å². The van der Waals surface area contributed by atoms with Gasteiger partial charge in [-0.15, -0.1) is 4.68 Å². The van der Waals surface area contributed by atoms with Crippen LogP contribution in [0.4, 0.5) is 0 Å². The Hall–Kier alpha value is -4.12. The lowest BCUT2D eigenvalue weighted by atomic mass is 9.89. The molecule has 164 valence electrons. The van der Waals surface area contributed by atoms with E-state index in [4.69, 9.17) is 14.7 Å². The number of hydrogen-bond acceptors (Lipinski definition) is 5. The summed E-state index contributed by atoms with van der Waals surface area (Å²) in [5.41, 5.74) is 9.03. The van der Waals surface area contributed by atoms with Crippen molar-refractivity contribution in [1.29, 1.82) is 5.26 Å². The van der Waals surface area contributed by atoms with Crippen LogP contribution in [0.15, 0.2) is 41.5 Å². The van der Waals surface area contributed by atoms with Crippen molar-refractivity contribution in [2.45, 2.75) is 31.7 Å². The van der Waals surface area contributed by atoms with Crippen LogP contribution in [0, 0.1) is 18.3 Å². The van der Waals surface area contributed by atoms with E-state index in [0.717, 1.165) is 63.4 Å². The van der Waals surface area contributed by atoms with E-state index >= 15 is 0 Å². The van der Waals surface area contributed by atoms with Gasteiger partial charge in [0.15, 0.2) is 12.1 Å². The molecule has 2 aromatic carbocycles. The summed E-state index contributed by atoms with van der Waals surface area (Å²) in [6.07, 6.45) is 5.83. The molecule has 4 heterocycles. The molecule has 6 rings (SSSR count). The molecule has 3 N–H and O–H groups in total. The zero-order chi connectivity index (χ0) is 22.5. The van der Waals surface area contributed by atoms with Gasteiger partial charge < -0.3 is 14.7 Å². The van der Waals surface area contributed by atoms with Crippen molar-refractivity contribution >= 4 is 34.0 Å². The van der Waals surface area contributed by atoms with Gasteiger partial charge in [0, 0.05) is 29.1 Å². The molecule has 0 amide bonds. The van der Waals surface area contributed by atoms with E-state index in [0.29, 0.717) is 18.0 Å². The average Bonchev–Trinajstić information content (AvgIpc) is 3.46. The molecule has 0 saturated carbocycles. The molecule has 8 heteroatoms. The standard InChI is InChI=1S/C25H24N7O/c1-14-9-21(33-2)23(17-5-7-27-24(14)17)18(11-22-28-13-16-6-8-32(16)31-22)25-29-19-4-3-15(12-26)10-20(19)30-25/h3-5,7-10,16,18,27H,6,11,13H2,1-2H3,(H,28,31)(H,29,30)/q+1. The molecular formula is C25H24N7O+. The van der Waals surface area contributed by atoms with E-state index in [2.05, 4.69) is 51.4 Å². The van der Waals surface area contributed by atoms with Crippen molar-refractivity contribution in [3.05, 3.63) is 59.0 Å². The SMILES string of the molecule is COc1cc(C)c2[nH]ccc2c1C(CC1=NCC2CC=[N+]2N1)c1nc2ccc(C#N)cc2[nH]1. The number of methoxy groups -OCH3 is 1. The molecule has 0 radical (unpaired) electrons. The van der Waals surface area contributed by atoms with Crippen molar-refractivity contribution in [1.82, 2.24) is 20.4 Å². The van der Waals surface area contributed by atoms with Gasteiger partial charge in [-0.1, -0.05) is 0 Å². The lowest BCUT2D eigenvalue weighted by Crippen LogP contribution is -2.53. The van der Waals surface area contributed by atoms with Crippen molar-refractivity contribution in [3.8, 4) is 11.8 Å². The lowest BCUT2D eigenvalue weighted by Gasteiger charge is -2.26. The maximum absolute atomic E-state index is 9.31. The topological polar surface area (TPSA) is 105 Å². The zero-order valence-corrected chi connectivity index (χ0v) is 18.5. The fourth-order valence-electron chi connectivity index (χ4n) is 4.89. The quantitative estimate of drug-likeness (QED) is 0.415. The van der Waals surface area contributed by atoms with E-state index in [1.165, 1.54) is 0 Å². The summed E-state index contributed by atoms with van der Waals surface area (Å²) in [4.78, 5) is 16.6.